The summed E-state index contributed by atoms with van der Waals surface area (Å²) < 4.78 is 28.2. The smallest absolute Gasteiger partial charge is 0.241 e. The van der Waals surface area contributed by atoms with Crippen molar-refractivity contribution in [3.63, 3.8) is 0 Å². The number of carbonyl (C=O) groups is 1. The van der Waals surface area contributed by atoms with Gasteiger partial charge in [-0.1, -0.05) is 23.7 Å². The molecule has 0 aromatic heterocycles. The highest BCUT2D eigenvalue weighted by atomic mass is 35.5. The second kappa shape index (κ2) is 7.39. The molecule has 138 valence electrons. The van der Waals surface area contributed by atoms with Gasteiger partial charge in [0, 0.05) is 30.2 Å². The van der Waals surface area contributed by atoms with Crippen LogP contribution >= 0.6 is 11.6 Å². The third kappa shape index (κ3) is 3.92. The van der Waals surface area contributed by atoms with Gasteiger partial charge >= 0.3 is 0 Å². The number of nitrogens with one attached hydrogen (secondary N) is 1. The van der Waals surface area contributed by atoms with E-state index in [-0.39, 0.29) is 16.8 Å². The van der Waals surface area contributed by atoms with E-state index in [2.05, 4.69) is 4.72 Å². The Bertz CT molecular complexity index is 926. The SMILES string of the molecule is CC(=O)N1CCCc2cc(S(=O)(=O)N[C@@H](C)c3ccc(Cl)cc3)ccc21. The Balaban J connectivity index is 1.85. The molecule has 0 spiro atoms. The Kier molecular flexibility index (Phi) is 5.37. The third-order valence-electron chi connectivity index (χ3n) is 4.56. The summed E-state index contributed by atoms with van der Waals surface area (Å²) in [6.45, 7) is 3.98. The van der Waals surface area contributed by atoms with Crippen molar-refractivity contribution in [3.8, 4) is 0 Å². The number of nitrogens with zero attached hydrogens (tertiary/aromatic N) is 1. The molecule has 26 heavy (non-hydrogen) atoms. The summed E-state index contributed by atoms with van der Waals surface area (Å²) in [5, 5.41) is 0.605. The Morgan fingerprint density at radius 1 is 1.19 bits per heavy atom. The van der Waals surface area contributed by atoms with Crippen LogP contribution < -0.4 is 9.62 Å². The number of anilines is 1. The number of rotatable bonds is 4. The van der Waals surface area contributed by atoms with Crippen molar-refractivity contribution < 1.29 is 13.2 Å². The van der Waals surface area contributed by atoms with Crippen molar-refractivity contribution in [1.82, 2.24) is 4.72 Å². The molecule has 0 aliphatic carbocycles. The highest BCUT2D eigenvalue weighted by Gasteiger charge is 2.24. The van der Waals surface area contributed by atoms with E-state index in [9.17, 15) is 13.2 Å². The lowest BCUT2D eigenvalue weighted by molar-refractivity contribution is -0.116. The van der Waals surface area contributed by atoms with Crippen molar-refractivity contribution in [1.29, 1.82) is 0 Å². The average Bonchev–Trinajstić information content (AvgIpc) is 2.60. The highest BCUT2D eigenvalue weighted by molar-refractivity contribution is 7.89. The van der Waals surface area contributed by atoms with E-state index in [0.717, 1.165) is 29.7 Å². The van der Waals surface area contributed by atoms with Gasteiger partial charge in [-0.05, 0) is 61.2 Å². The number of carbonyl (C=O) groups excluding carboxylic acids is 1. The molecule has 2 aromatic carbocycles. The number of halogens is 1. The summed E-state index contributed by atoms with van der Waals surface area (Å²) in [4.78, 5) is 13.7. The molecule has 1 aliphatic rings. The van der Waals surface area contributed by atoms with E-state index < -0.39 is 10.0 Å². The maximum absolute atomic E-state index is 12.8. The summed E-state index contributed by atoms with van der Waals surface area (Å²) in [5.41, 5.74) is 2.51. The van der Waals surface area contributed by atoms with Crippen LogP contribution in [0.5, 0.6) is 0 Å². The lowest BCUT2D eigenvalue weighted by Crippen LogP contribution is -2.34. The molecular weight excluding hydrogens is 372 g/mol. The van der Waals surface area contributed by atoms with E-state index in [1.54, 1.807) is 54.3 Å². The molecule has 1 heterocycles. The largest absolute Gasteiger partial charge is 0.312 e. The van der Waals surface area contributed by atoms with E-state index in [0.29, 0.717) is 11.6 Å². The lowest BCUT2D eigenvalue weighted by atomic mass is 10.0. The molecule has 2 aromatic rings. The molecule has 1 amide bonds. The standard InChI is InChI=1S/C19H21ClN2O3S/c1-13(15-5-7-17(20)8-6-15)21-26(24,25)18-9-10-19-16(12-18)4-3-11-22(19)14(2)23/h5-10,12-13,21H,3-4,11H2,1-2H3/t13-/m0/s1. The zero-order valence-electron chi connectivity index (χ0n) is 14.7. The predicted molar refractivity (Wildman–Crippen MR) is 103 cm³/mol. The minimum Gasteiger partial charge on any atom is -0.312 e. The van der Waals surface area contributed by atoms with Gasteiger partial charge in [-0.25, -0.2) is 13.1 Å². The molecule has 0 radical (unpaired) electrons. The molecule has 5 nitrogen and oxygen atoms in total. The summed E-state index contributed by atoms with van der Waals surface area (Å²) >= 11 is 5.88. The van der Waals surface area contributed by atoms with Gasteiger partial charge in [-0.3, -0.25) is 4.79 Å². The lowest BCUT2D eigenvalue weighted by Gasteiger charge is -2.29. The van der Waals surface area contributed by atoms with Crippen molar-refractivity contribution in [3.05, 3.63) is 58.6 Å². The molecule has 0 unspecified atom stereocenters. The van der Waals surface area contributed by atoms with Gasteiger partial charge in [0.05, 0.1) is 4.90 Å². The quantitative estimate of drug-likeness (QED) is 0.863. The van der Waals surface area contributed by atoms with Crippen LogP contribution in [0.4, 0.5) is 5.69 Å². The summed E-state index contributed by atoms with van der Waals surface area (Å²) in [7, 11) is -3.68. The third-order valence-corrected chi connectivity index (χ3v) is 6.35. The van der Waals surface area contributed by atoms with Crippen LogP contribution in [0.15, 0.2) is 47.4 Å². The Hall–Kier alpha value is -1.89. The first-order chi connectivity index (χ1) is 12.3. The van der Waals surface area contributed by atoms with Crippen LogP contribution in [-0.4, -0.2) is 20.9 Å². The van der Waals surface area contributed by atoms with Gasteiger partial charge in [-0.15, -0.1) is 0 Å². The fourth-order valence-electron chi connectivity index (χ4n) is 3.19. The second-order valence-electron chi connectivity index (χ2n) is 6.46. The van der Waals surface area contributed by atoms with Gasteiger partial charge in [-0.2, -0.15) is 0 Å². The van der Waals surface area contributed by atoms with Gasteiger partial charge in [0.25, 0.3) is 0 Å². The fraction of sp³-hybridized carbons (Fsp3) is 0.316. The maximum atomic E-state index is 12.8. The number of benzene rings is 2. The van der Waals surface area contributed by atoms with E-state index in [4.69, 9.17) is 11.6 Å². The highest BCUT2D eigenvalue weighted by Crippen LogP contribution is 2.30. The van der Waals surface area contributed by atoms with Crippen LogP contribution in [0.3, 0.4) is 0 Å². The minimum absolute atomic E-state index is 0.0314. The molecule has 3 rings (SSSR count). The van der Waals surface area contributed by atoms with Crippen molar-refractivity contribution in [2.24, 2.45) is 0 Å². The fourth-order valence-corrected chi connectivity index (χ4v) is 4.60. The minimum atomic E-state index is -3.68. The molecule has 0 fully saturated rings. The Morgan fingerprint density at radius 2 is 1.88 bits per heavy atom. The normalized spacial score (nSPS) is 15.4. The zero-order valence-corrected chi connectivity index (χ0v) is 16.3. The van der Waals surface area contributed by atoms with Crippen LogP contribution in [0.2, 0.25) is 5.02 Å². The van der Waals surface area contributed by atoms with Crippen molar-refractivity contribution in [2.45, 2.75) is 37.6 Å². The first-order valence-corrected chi connectivity index (χ1v) is 10.3. The number of sulfonamides is 1. The second-order valence-corrected chi connectivity index (χ2v) is 8.61. The van der Waals surface area contributed by atoms with Crippen LogP contribution in [0, 0.1) is 0 Å². The number of amides is 1. The van der Waals surface area contributed by atoms with Crippen LogP contribution in [0.1, 0.15) is 37.4 Å². The Labute approximate surface area is 159 Å². The molecular formula is C19H21ClN2O3S. The molecule has 7 heteroatoms. The topological polar surface area (TPSA) is 66.5 Å². The van der Waals surface area contributed by atoms with Crippen molar-refractivity contribution in [2.75, 3.05) is 11.4 Å². The molecule has 1 aliphatic heterocycles. The van der Waals surface area contributed by atoms with Gasteiger partial charge in [0.1, 0.15) is 0 Å². The molecule has 1 N–H and O–H groups in total. The maximum Gasteiger partial charge on any atom is 0.241 e. The number of hydrogen-bond donors (Lipinski definition) is 1. The first-order valence-electron chi connectivity index (χ1n) is 8.47. The van der Waals surface area contributed by atoms with Gasteiger partial charge in [0.15, 0.2) is 0 Å². The van der Waals surface area contributed by atoms with Crippen LogP contribution in [-0.2, 0) is 21.2 Å². The van der Waals surface area contributed by atoms with Gasteiger partial charge < -0.3 is 4.90 Å². The Morgan fingerprint density at radius 3 is 2.54 bits per heavy atom. The first kappa shape index (κ1) is 18.9. The van der Waals surface area contributed by atoms with Crippen LogP contribution in [0.25, 0.3) is 0 Å². The number of fused-ring (bicyclic) bond motifs is 1. The zero-order chi connectivity index (χ0) is 18.9. The van der Waals surface area contributed by atoms with E-state index in [1.165, 1.54) is 6.92 Å². The van der Waals surface area contributed by atoms with E-state index in [1.807, 2.05) is 0 Å². The van der Waals surface area contributed by atoms with Gasteiger partial charge in [0.2, 0.25) is 15.9 Å². The van der Waals surface area contributed by atoms with Crippen molar-refractivity contribution >= 4 is 33.2 Å². The molecule has 0 saturated heterocycles. The summed E-state index contributed by atoms with van der Waals surface area (Å²) in [6, 6.07) is 11.6. The van der Waals surface area contributed by atoms with E-state index >= 15 is 0 Å². The predicted octanol–water partition coefficient (Wildman–Crippen LogP) is 3.68. The number of hydrogen-bond acceptors (Lipinski definition) is 3. The number of aryl methyl sites for hydroxylation is 1. The molecule has 0 bridgehead atoms. The monoisotopic (exact) mass is 392 g/mol. The molecule has 0 saturated carbocycles. The molecule has 1 atom stereocenters. The summed E-state index contributed by atoms with van der Waals surface area (Å²) in [6.07, 6.45) is 1.58. The average molecular weight is 393 g/mol. The summed E-state index contributed by atoms with van der Waals surface area (Å²) in [5.74, 6) is -0.0314.